The van der Waals surface area contributed by atoms with E-state index in [9.17, 15) is 9.90 Å². The van der Waals surface area contributed by atoms with Gasteiger partial charge in [-0.3, -0.25) is 4.68 Å². The highest BCUT2D eigenvalue weighted by Gasteiger charge is 2.27. The van der Waals surface area contributed by atoms with Crippen molar-refractivity contribution in [1.82, 2.24) is 14.3 Å². The number of aromatic nitrogens is 3. The number of rotatable bonds is 9. The van der Waals surface area contributed by atoms with Crippen LogP contribution in [0.1, 0.15) is 46.7 Å². The van der Waals surface area contributed by atoms with Crippen molar-refractivity contribution >= 4 is 27.6 Å². The van der Waals surface area contributed by atoms with Gasteiger partial charge in [0.1, 0.15) is 11.4 Å². The summed E-state index contributed by atoms with van der Waals surface area (Å²) in [5.74, 6) is -0.0533. The zero-order chi connectivity index (χ0) is 29.1. The van der Waals surface area contributed by atoms with Crippen LogP contribution in [-0.4, -0.2) is 52.4 Å². The van der Waals surface area contributed by atoms with Gasteiger partial charge in [-0.2, -0.15) is 5.10 Å². The molecule has 1 N–H and O–H groups in total. The molecular weight excluding hydrogens is 530 g/mol. The predicted molar refractivity (Wildman–Crippen MR) is 163 cm³/mol. The Morgan fingerprint density at radius 3 is 2.69 bits per heavy atom. The second-order valence-corrected chi connectivity index (χ2v) is 10.8. The molecule has 5 aromatic rings. The van der Waals surface area contributed by atoms with E-state index in [0.717, 1.165) is 68.3 Å². The lowest BCUT2D eigenvalue weighted by molar-refractivity contribution is 0.0683. The largest absolute Gasteiger partial charge is 0.493 e. The third-order valence-corrected chi connectivity index (χ3v) is 8.18. The summed E-state index contributed by atoms with van der Waals surface area (Å²) in [5, 5.41) is 18.6. The van der Waals surface area contributed by atoms with E-state index in [-0.39, 0.29) is 0 Å². The Morgan fingerprint density at radius 1 is 1.02 bits per heavy atom. The molecule has 0 bridgehead atoms. The summed E-state index contributed by atoms with van der Waals surface area (Å²) in [6.07, 6.45) is 2.96. The van der Waals surface area contributed by atoms with Gasteiger partial charge in [0.2, 0.25) is 0 Å². The molecule has 0 saturated heterocycles. The summed E-state index contributed by atoms with van der Waals surface area (Å²) in [6.45, 7) is 5.37. The van der Waals surface area contributed by atoms with Gasteiger partial charge in [0.25, 0.3) is 0 Å². The maximum absolute atomic E-state index is 12.9. The van der Waals surface area contributed by atoms with Crippen molar-refractivity contribution < 1.29 is 24.1 Å². The normalized spacial score (nSPS) is 13.7. The molecule has 0 spiro atoms. The molecule has 0 radical (unpaired) electrons. The van der Waals surface area contributed by atoms with Crippen molar-refractivity contribution in [2.75, 3.05) is 26.9 Å². The van der Waals surface area contributed by atoms with E-state index in [4.69, 9.17) is 19.3 Å². The summed E-state index contributed by atoms with van der Waals surface area (Å²) >= 11 is 0. The van der Waals surface area contributed by atoms with Crippen LogP contribution in [0.4, 0.5) is 0 Å². The molecule has 0 aliphatic carbocycles. The number of benzene rings is 3. The first-order chi connectivity index (χ1) is 20.6. The van der Waals surface area contributed by atoms with Gasteiger partial charge in [0.15, 0.2) is 0 Å². The number of aromatic carboxylic acids is 1. The first kappa shape index (κ1) is 28.0. The van der Waals surface area contributed by atoms with E-state index in [2.05, 4.69) is 37.3 Å². The number of nitrogens with zero attached hydrogens (tertiary/aromatic N) is 3. The third-order valence-electron chi connectivity index (χ3n) is 8.18. The predicted octanol–water partition coefficient (Wildman–Crippen LogP) is 6.63. The Kier molecular flexibility index (Phi) is 8.26. The Balaban J connectivity index is 1.39. The second-order valence-electron chi connectivity index (χ2n) is 10.8. The Labute approximate surface area is 245 Å². The number of methoxy groups -OCH3 is 1. The number of aryl methyl sites for hydroxylation is 2. The molecule has 0 amide bonds. The molecule has 0 fully saturated rings. The summed E-state index contributed by atoms with van der Waals surface area (Å²) in [4.78, 5) is 12.9. The van der Waals surface area contributed by atoms with E-state index in [0.29, 0.717) is 58.1 Å². The summed E-state index contributed by atoms with van der Waals surface area (Å²) in [7, 11) is 1.69. The van der Waals surface area contributed by atoms with E-state index >= 15 is 0 Å². The maximum atomic E-state index is 12.9. The average Bonchev–Trinajstić information content (AvgIpc) is 3.48. The molecule has 8 heteroatoms. The van der Waals surface area contributed by atoms with Crippen LogP contribution in [0.25, 0.3) is 32.8 Å². The van der Waals surface area contributed by atoms with Crippen molar-refractivity contribution in [1.29, 1.82) is 0 Å². The highest BCUT2D eigenvalue weighted by atomic mass is 16.5. The molecule has 3 aromatic carbocycles. The number of ether oxygens (including phenoxy) is 3. The van der Waals surface area contributed by atoms with Crippen LogP contribution in [0, 0.1) is 6.92 Å². The first-order valence-electron chi connectivity index (χ1n) is 14.7. The van der Waals surface area contributed by atoms with Gasteiger partial charge >= 0.3 is 5.97 Å². The smallest absolute Gasteiger partial charge is 0.352 e. The molecule has 1 aliphatic heterocycles. The lowest BCUT2D eigenvalue weighted by Crippen LogP contribution is -2.12. The molecule has 42 heavy (non-hydrogen) atoms. The highest BCUT2D eigenvalue weighted by molar-refractivity contribution is 6.04. The number of hydrogen-bond donors (Lipinski definition) is 1. The lowest BCUT2D eigenvalue weighted by Gasteiger charge is -2.12. The number of fused-ring (bicyclic) bond motifs is 3. The lowest BCUT2D eigenvalue weighted by atomic mass is 9.98. The number of carbonyl (C=O) groups is 1. The number of hydrogen-bond acceptors (Lipinski definition) is 5. The fraction of sp³-hybridized carbons (Fsp3) is 0.353. The Morgan fingerprint density at radius 2 is 1.83 bits per heavy atom. The molecular formula is C34H37N3O5. The van der Waals surface area contributed by atoms with Gasteiger partial charge in [0.05, 0.1) is 37.6 Å². The quantitative estimate of drug-likeness (QED) is 0.201. The monoisotopic (exact) mass is 567 g/mol. The summed E-state index contributed by atoms with van der Waals surface area (Å²) in [6, 6.07) is 20.4. The van der Waals surface area contributed by atoms with Gasteiger partial charge in [-0.1, -0.05) is 54.6 Å². The van der Waals surface area contributed by atoms with Crippen LogP contribution in [0.2, 0.25) is 0 Å². The molecule has 218 valence electrons. The molecule has 2 aromatic heterocycles. The first-order valence-corrected chi connectivity index (χ1v) is 14.7. The van der Waals surface area contributed by atoms with E-state index in [1.54, 1.807) is 7.11 Å². The van der Waals surface area contributed by atoms with Crippen molar-refractivity contribution in [3.63, 3.8) is 0 Å². The highest BCUT2D eigenvalue weighted by Crippen LogP contribution is 2.39. The zero-order valence-corrected chi connectivity index (χ0v) is 24.3. The van der Waals surface area contributed by atoms with Crippen LogP contribution in [-0.2, 0) is 35.6 Å². The van der Waals surface area contributed by atoms with E-state index in [1.165, 1.54) is 0 Å². The van der Waals surface area contributed by atoms with Crippen molar-refractivity contribution in [2.45, 2.75) is 52.3 Å². The van der Waals surface area contributed by atoms with Crippen molar-refractivity contribution in [3.05, 3.63) is 83.3 Å². The Bertz CT molecular complexity index is 1730. The molecule has 0 unspecified atom stereocenters. The van der Waals surface area contributed by atoms with Gasteiger partial charge in [-0.05, 0) is 49.6 Å². The topological polar surface area (TPSA) is 87.7 Å². The molecule has 6 rings (SSSR count). The fourth-order valence-corrected chi connectivity index (χ4v) is 6.25. The molecule has 0 atom stereocenters. The second kappa shape index (κ2) is 12.4. The van der Waals surface area contributed by atoms with Gasteiger partial charge < -0.3 is 23.9 Å². The molecule has 3 heterocycles. The van der Waals surface area contributed by atoms with E-state index < -0.39 is 5.97 Å². The number of para-hydroxylation sites is 1. The van der Waals surface area contributed by atoms with Crippen LogP contribution < -0.4 is 4.74 Å². The molecule has 8 nitrogen and oxygen atoms in total. The van der Waals surface area contributed by atoms with Crippen LogP contribution in [0.3, 0.4) is 0 Å². The molecule has 0 saturated carbocycles. The Hall–Kier alpha value is -4.14. The zero-order valence-electron chi connectivity index (χ0n) is 24.3. The van der Waals surface area contributed by atoms with Crippen molar-refractivity contribution in [3.8, 4) is 16.9 Å². The SMILES string of the molecule is COCCn1nc2c(c1C)-c1cccc3c(CCCOc4cccc5ccccc45)c(C(=O)O)n(c13)CCCCOC2. The number of carboxylic acid groups (broad SMARTS) is 1. The third kappa shape index (κ3) is 5.28. The molecule has 1 aliphatic rings. The van der Waals surface area contributed by atoms with Gasteiger partial charge in [-0.25, -0.2) is 4.79 Å². The minimum absolute atomic E-state index is 0.369. The minimum Gasteiger partial charge on any atom is -0.493 e. The number of carboxylic acids is 1. The van der Waals surface area contributed by atoms with Gasteiger partial charge in [-0.15, -0.1) is 0 Å². The summed E-state index contributed by atoms with van der Waals surface area (Å²) in [5.41, 5.74) is 6.08. The van der Waals surface area contributed by atoms with Crippen LogP contribution in [0.5, 0.6) is 5.75 Å². The maximum Gasteiger partial charge on any atom is 0.352 e. The van der Waals surface area contributed by atoms with Crippen molar-refractivity contribution in [2.24, 2.45) is 0 Å². The van der Waals surface area contributed by atoms with E-state index in [1.807, 2.05) is 39.6 Å². The van der Waals surface area contributed by atoms with Crippen LogP contribution in [0.15, 0.2) is 60.7 Å². The van der Waals surface area contributed by atoms with Crippen LogP contribution >= 0.6 is 0 Å². The average molecular weight is 568 g/mol. The standard InChI is InChI=1S/C34H37N3O5/c1-23-31-28-14-8-13-26-27(15-9-20-42-30-16-7-11-24-10-3-4-12-25(24)30)33(34(38)39)36(32(26)28)17-5-6-19-41-22-29(31)35-37(23)18-21-40-2/h3-4,7-8,10-14,16H,5-6,9,15,17-22H2,1-2H3,(H,38,39). The fourth-order valence-electron chi connectivity index (χ4n) is 6.25. The summed E-state index contributed by atoms with van der Waals surface area (Å²) < 4.78 is 21.6. The minimum atomic E-state index is -0.902. The van der Waals surface area contributed by atoms with Gasteiger partial charge in [0, 0.05) is 47.9 Å².